The Balaban J connectivity index is 2.16. The van der Waals surface area contributed by atoms with Crippen molar-refractivity contribution in [2.45, 2.75) is 38.6 Å². The molecule has 1 aromatic carbocycles. The molecule has 0 aromatic heterocycles. The average molecular weight is 221 g/mol. The first-order chi connectivity index (χ1) is 7.58. The van der Waals surface area contributed by atoms with E-state index in [9.17, 15) is 10.2 Å². The highest BCUT2D eigenvalue weighted by molar-refractivity contribution is 5.49. The lowest BCUT2D eigenvalue weighted by molar-refractivity contribution is 0.402. The van der Waals surface area contributed by atoms with Crippen molar-refractivity contribution in [1.82, 2.24) is 5.32 Å². The number of benzene rings is 1. The first-order valence-electron chi connectivity index (χ1n) is 5.86. The van der Waals surface area contributed by atoms with Gasteiger partial charge in [-0.1, -0.05) is 13.8 Å². The molecule has 3 N–H and O–H groups in total. The van der Waals surface area contributed by atoms with Crippen LogP contribution in [-0.2, 0) is 6.42 Å². The molecule has 0 heterocycles. The Morgan fingerprint density at radius 1 is 1.31 bits per heavy atom. The minimum absolute atomic E-state index is 0.00350. The molecule has 0 spiro atoms. The standard InChI is InChI=1S/C13H19NO2/c1-8(2)14-7-10-4-3-9-5-12(15)13(16)6-11(9)10/h5-6,8,10,14-16H,3-4,7H2,1-2H3/t10-/m0/s1. The zero-order chi connectivity index (χ0) is 11.7. The van der Waals surface area contributed by atoms with E-state index in [-0.39, 0.29) is 11.5 Å². The highest BCUT2D eigenvalue weighted by atomic mass is 16.3. The van der Waals surface area contributed by atoms with Crippen LogP contribution in [0.2, 0.25) is 0 Å². The molecule has 0 saturated carbocycles. The highest BCUT2D eigenvalue weighted by Gasteiger charge is 2.24. The van der Waals surface area contributed by atoms with Crippen LogP contribution < -0.4 is 5.32 Å². The lowest BCUT2D eigenvalue weighted by Crippen LogP contribution is -2.27. The second-order valence-corrected chi connectivity index (χ2v) is 4.84. The van der Waals surface area contributed by atoms with Gasteiger partial charge < -0.3 is 15.5 Å². The fraction of sp³-hybridized carbons (Fsp3) is 0.538. The van der Waals surface area contributed by atoms with Gasteiger partial charge in [-0.05, 0) is 42.0 Å². The lowest BCUT2D eigenvalue weighted by atomic mass is 10.0. The summed E-state index contributed by atoms with van der Waals surface area (Å²) in [6, 6.07) is 3.89. The van der Waals surface area contributed by atoms with Crippen LogP contribution in [0.4, 0.5) is 0 Å². The Bertz CT molecular complexity index is 388. The average Bonchev–Trinajstić information content (AvgIpc) is 2.58. The van der Waals surface area contributed by atoms with E-state index in [0.717, 1.165) is 19.4 Å². The quantitative estimate of drug-likeness (QED) is 0.685. The third-order valence-corrected chi connectivity index (χ3v) is 3.21. The van der Waals surface area contributed by atoms with E-state index in [2.05, 4.69) is 19.2 Å². The molecular formula is C13H19NO2. The van der Waals surface area contributed by atoms with Crippen molar-refractivity contribution < 1.29 is 10.2 Å². The molecule has 3 nitrogen and oxygen atoms in total. The number of aromatic hydroxyl groups is 2. The van der Waals surface area contributed by atoms with Crippen LogP contribution in [0, 0.1) is 0 Å². The van der Waals surface area contributed by atoms with Crippen molar-refractivity contribution in [3.05, 3.63) is 23.3 Å². The van der Waals surface area contributed by atoms with Crippen molar-refractivity contribution in [2.75, 3.05) is 6.54 Å². The molecular weight excluding hydrogens is 202 g/mol. The highest BCUT2D eigenvalue weighted by Crippen LogP contribution is 2.39. The first-order valence-corrected chi connectivity index (χ1v) is 5.86. The number of nitrogens with one attached hydrogen (secondary N) is 1. The van der Waals surface area contributed by atoms with E-state index in [4.69, 9.17) is 0 Å². The monoisotopic (exact) mass is 221 g/mol. The Labute approximate surface area is 96.1 Å². The summed E-state index contributed by atoms with van der Waals surface area (Å²) >= 11 is 0. The van der Waals surface area contributed by atoms with E-state index in [0.29, 0.717) is 12.0 Å². The summed E-state index contributed by atoms with van der Waals surface area (Å²) in [6.07, 6.45) is 2.09. The summed E-state index contributed by atoms with van der Waals surface area (Å²) in [6.45, 7) is 5.20. The van der Waals surface area contributed by atoms with Crippen LogP contribution in [-0.4, -0.2) is 22.8 Å². The zero-order valence-corrected chi connectivity index (χ0v) is 9.83. The number of phenolic OH excluding ortho intramolecular Hbond substituents is 2. The van der Waals surface area contributed by atoms with Gasteiger partial charge in [0.25, 0.3) is 0 Å². The summed E-state index contributed by atoms with van der Waals surface area (Å²) in [5, 5.41) is 22.3. The largest absolute Gasteiger partial charge is 0.504 e. The van der Waals surface area contributed by atoms with Gasteiger partial charge in [0.2, 0.25) is 0 Å². The summed E-state index contributed by atoms with van der Waals surface area (Å²) in [5.41, 5.74) is 2.36. The van der Waals surface area contributed by atoms with E-state index >= 15 is 0 Å². The topological polar surface area (TPSA) is 52.5 Å². The Morgan fingerprint density at radius 3 is 2.69 bits per heavy atom. The second-order valence-electron chi connectivity index (χ2n) is 4.84. The van der Waals surface area contributed by atoms with Crippen LogP contribution in [0.15, 0.2) is 12.1 Å². The predicted molar refractivity (Wildman–Crippen MR) is 64.0 cm³/mol. The van der Waals surface area contributed by atoms with E-state index in [1.54, 1.807) is 12.1 Å². The molecule has 3 heteroatoms. The number of rotatable bonds is 3. The van der Waals surface area contributed by atoms with Gasteiger partial charge in [0, 0.05) is 12.6 Å². The van der Waals surface area contributed by atoms with Crippen LogP contribution in [0.5, 0.6) is 11.5 Å². The summed E-state index contributed by atoms with van der Waals surface area (Å²) in [5.74, 6) is 0.454. The van der Waals surface area contributed by atoms with Crippen molar-refractivity contribution in [3.8, 4) is 11.5 Å². The number of fused-ring (bicyclic) bond motifs is 1. The molecule has 0 amide bonds. The van der Waals surface area contributed by atoms with Crippen molar-refractivity contribution in [2.24, 2.45) is 0 Å². The molecule has 1 aromatic rings. The van der Waals surface area contributed by atoms with Crippen LogP contribution in [0.3, 0.4) is 0 Å². The maximum atomic E-state index is 9.51. The molecule has 0 fully saturated rings. The number of phenols is 2. The molecule has 0 radical (unpaired) electrons. The number of aryl methyl sites for hydroxylation is 1. The van der Waals surface area contributed by atoms with Gasteiger partial charge in [-0.2, -0.15) is 0 Å². The lowest BCUT2D eigenvalue weighted by Gasteiger charge is -2.15. The summed E-state index contributed by atoms with van der Waals surface area (Å²) in [7, 11) is 0. The number of hydrogen-bond donors (Lipinski definition) is 3. The Hall–Kier alpha value is -1.22. The molecule has 0 aliphatic heterocycles. The number of hydrogen-bond acceptors (Lipinski definition) is 3. The molecule has 1 aliphatic rings. The van der Waals surface area contributed by atoms with Crippen molar-refractivity contribution >= 4 is 0 Å². The van der Waals surface area contributed by atoms with E-state index < -0.39 is 0 Å². The molecule has 0 saturated heterocycles. The SMILES string of the molecule is CC(C)NC[C@@H]1CCc2cc(O)c(O)cc21. The first kappa shape index (κ1) is 11.3. The molecule has 1 atom stereocenters. The van der Waals surface area contributed by atoms with Gasteiger partial charge in [0.15, 0.2) is 11.5 Å². The van der Waals surface area contributed by atoms with Gasteiger partial charge in [0.05, 0.1) is 0 Å². The van der Waals surface area contributed by atoms with Gasteiger partial charge in [-0.15, -0.1) is 0 Å². The van der Waals surface area contributed by atoms with Gasteiger partial charge >= 0.3 is 0 Å². The normalized spacial score (nSPS) is 19.1. The fourth-order valence-electron chi connectivity index (χ4n) is 2.31. The fourth-order valence-corrected chi connectivity index (χ4v) is 2.31. The third-order valence-electron chi connectivity index (χ3n) is 3.21. The van der Waals surface area contributed by atoms with Gasteiger partial charge in [-0.25, -0.2) is 0 Å². The molecule has 2 rings (SSSR count). The molecule has 16 heavy (non-hydrogen) atoms. The Morgan fingerprint density at radius 2 is 2.00 bits per heavy atom. The molecule has 0 unspecified atom stereocenters. The third kappa shape index (κ3) is 2.14. The van der Waals surface area contributed by atoms with Crippen LogP contribution in [0.25, 0.3) is 0 Å². The maximum Gasteiger partial charge on any atom is 0.157 e. The molecule has 0 bridgehead atoms. The van der Waals surface area contributed by atoms with Crippen molar-refractivity contribution in [1.29, 1.82) is 0 Å². The van der Waals surface area contributed by atoms with Crippen LogP contribution in [0.1, 0.15) is 37.3 Å². The maximum absolute atomic E-state index is 9.51. The molecule has 88 valence electrons. The molecule has 1 aliphatic carbocycles. The smallest absolute Gasteiger partial charge is 0.157 e. The Kier molecular flexibility index (Phi) is 3.06. The minimum atomic E-state index is -0.00445. The van der Waals surface area contributed by atoms with Gasteiger partial charge in [-0.3, -0.25) is 0 Å². The van der Waals surface area contributed by atoms with Crippen LogP contribution >= 0.6 is 0 Å². The summed E-state index contributed by atoms with van der Waals surface area (Å²) < 4.78 is 0. The van der Waals surface area contributed by atoms with Crippen molar-refractivity contribution in [3.63, 3.8) is 0 Å². The van der Waals surface area contributed by atoms with E-state index in [1.165, 1.54) is 11.1 Å². The van der Waals surface area contributed by atoms with E-state index in [1.807, 2.05) is 0 Å². The minimum Gasteiger partial charge on any atom is -0.504 e. The summed E-state index contributed by atoms with van der Waals surface area (Å²) in [4.78, 5) is 0. The zero-order valence-electron chi connectivity index (χ0n) is 9.83. The van der Waals surface area contributed by atoms with Gasteiger partial charge in [0.1, 0.15) is 0 Å². The second kappa shape index (κ2) is 4.34. The predicted octanol–water partition coefficient (Wildman–Crippen LogP) is 2.13.